The van der Waals surface area contributed by atoms with Gasteiger partial charge in [0.2, 0.25) is 0 Å². The van der Waals surface area contributed by atoms with E-state index in [1.54, 1.807) is 0 Å². The molecule has 0 amide bonds. The number of fused-ring (bicyclic) bond motifs is 2. The van der Waals surface area contributed by atoms with Crippen LogP contribution in [0.4, 0.5) is 0 Å². The molecule has 2 saturated carbocycles. The van der Waals surface area contributed by atoms with Crippen LogP contribution in [0.5, 0.6) is 0 Å². The Bertz CT molecular complexity index is 549. The second-order valence-corrected chi connectivity index (χ2v) is 9.43. The zero-order chi connectivity index (χ0) is 18.6. The van der Waals surface area contributed by atoms with Gasteiger partial charge in [-0.2, -0.15) is 0 Å². The first kappa shape index (κ1) is 18.7. The predicted octanol–water partition coefficient (Wildman–Crippen LogP) is 3.10. The summed E-state index contributed by atoms with van der Waals surface area (Å²) >= 11 is 0. The van der Waals surface area contributed by atoms with Gasteiger partial charge in [-0.3, -0.25) is 4.79 Å². The molecule has 2 N–H and O–H groups in total. The van der Waals surface area contributed by atoms with E-state index in [1.807, 2.05) is 13.8 Å². The lowest BCUT2D eigenvalue weighted by atomic mass is 9.65. The van der Waals surface area contributed by atoms with Crippen LogP contribution in [0.3, 0.4) is 0 Å². The van der Waals surface area contributed by atoms with Crippen molar-refractivity contribution in [3.63, 3.8) is 0 Å². The van der Waals surface area contributed by atoms with Crippen molar-refractivity contribution in [2.75, 3.05) is 0 Å². The summed E-state index contributed by atoms with van der Waals surface area (Å²) in [5.74, 6) is -0.356. The molecule has 5 atom stereocenters. The van der Waals surface area contributed by atoms with Crippen LogP contribution in [-0.2, 0) is 14.3 Å². The highest BCUT2D eigenvalue weighted by Crippen LogP contribution is 2.61. The molecule has 5 unspecified atom stereocenters. The Hall–Kier alpha value is -0.650. The van der Waals surface area contributed by atoms with Gasteiger partial charge in [0.25, 0.3) is 0 Å². The predicted molar refractivity (Wildman–Crippen MR) is 96.5 cm³/mol. The second-order valence-electron chi connectivity index (χ2n) is 9.43. The van der Waals surface area contributed by atoms with Crippen molar-refractivity contribution in [1.29, 1.82) is 0 Å². The Morgan fingerprint density at radius 2 is 1.73 bits per heavy atom. The normalized spacial score (nSPS) is 41.5. The number of esters is 1. The molecule has 4 rings (SSSR count). The van der Waals surface area contributed by atoms with Crippen LogP contribution in [0.2, 0.25) is 0 Å². The molecular formula is C21H34O5. The average Bonchev–Trinajstić information content (AvgIpc) is 3.38. The largest absolute Gasteiger partial charge is 0.459 e. The third-order valence-corrected chi connectivity index (χ3v) is 7.93. The van der Waals surface area contributed by atoms with Crippen molar-refractivity contribution in [2.45, 2.75) is 113 Å². The second kappa shape index (κ2) is 6.46. The topological polar surface area (TPSA) is 76.0 Å². The van der Waals surface area contributed by atoms with Crippen LogP contribution in [0.1, 0.15) is 84.5 Å². The number of ether oxygens (including phenoxy) is 2. The van der Waals surface area contributed by atoms with Crippen molar-refractivity contribution in [1.82, 2.24) is 0 Å². The van der Waals surface area contributed by atoms with Crippen molar-refractivity contribution >= 4 is 5.97 Å². The lowest BCUT2D eigenvalue weighted by Gasteiger charge is -2.43. The number of hydrogen-bond donors (Lipinski definition) is 2. The fourth-order valence-electron chi connectivity index (χ4n) is 6.07. The van der Waals surface area contributed by atoms with Crippen molar-refractivity contribution in [2.24, 2.45) is 11.8 Å². The minimum atomic E-state index is -0.841. The molecular weight excluding hydrogens is 332 g/mol. The van der Waals surface area contributed by atoms with Gasteiger partial charge < -0.3 is 19.7 Å². The molecule has 4 fully saturated rings. The molecule has 26 heavy (non-hydrogen) atoms. The van der Waals surface area contributed by atoms with E-state index in [4.69, 9.17) is 9.47 Å². The molecule has 2 heterocycles. The molecule has 0 aromatic heterocycles. The van der Waals surface area contributed by atoms with Gasteiger partial charge in [-0.25, -0.2) is 0 Å². The molecule has 2 aliphatic heterocycles. The SMILES string of the molecule is CCC(C)C(=O)OC1CC2(C3(O)CCCC3)CC(C3(O)CCCC3)C1O2. The van der Waals surface area contributed by atoms with Gasteiger partial charge in [-0.05, 0) is 38.5 Å². The average molecular weight is 366 g/mol. The third-order valence-electron chi connectivity index (χ3n) is 7.93. The highest BCUT2D eigenvalue weighted by molar-refractivity contribution is 5.72. The molecule has 0 spiro atoms. The molecule has 2 bridgehead atoms. The molecule has 0 aromatic carbocycles. The molecule has 0 aromatic rings. The van der Waals surface area contributed by atoms with Crippen molar-refractivity contribution < 1.29 is 24.5 Å². The number of hydrogen-bond acceptors (Lipinski definition) is 5. The van der Waals surface area contributed by atoms with E-state index in [9.17, 15) is 15.0 Å². The maximum absolute atomic E-state index is 12.4. The maximum atomic E-state index is 12.4. The van der Waals surface area contributed by atoms with Gasteiger partial charge in [-0.1, -0.05) is 39.5 Å². The standard InChI is InChI=1S/C21H34O5/c1-3-14(2)18(22)25-16-13-21(20(24)10-6-7-11-20)12-15(17(16)26-21)19(23)8-4-5-9-19/h14-17,23-24H,3-13H2,1-2H3. The number of carbonyl (C=O) groups is 1. The fraction of sp³-hybridized carbons (Fsp3) is 0.952. The summed E-state index contributed by atoms with van der Waals surface area (Å²) in [4.78, 5) is 12.4. The van der Waals surface area contributed by atoms with Crippen LogP contribution in [0, 0.1) is 11.8 Å². The Morgan fingerprint density at radius 3 is 2.35 bits per heavy atom. The van der Waals surface area contributed by atoms with Gasteiger partial charge >= 0.3 is 5.97 Å². The molecule has 0 radical (unpaired) electrons. The van der Waals surface area contributed by atoms with Crippen LogP contribution in [-0.4, -0.2) is 45.2 Å². The van der Waals surface area contributed by atoms with Crippen molar-refractivity contribution in [3.8, 4) is 0 Å². The zero-order valence-electron chi connectivity index (χ0n) is 16.2. The van der Waals surface area contributed by atoms with E-state index in [1.165, 1.54) is 0 Å². The Labute approximate surface area is 156 Å². The molecule has 5 nitrogen and oxygen atoms in total. The number of carbonyl (C=O) groups excluding carboxylic acids is 1. The minimum absolute atomic E-state index is 0.0434. The van der Waals surface area contributed by atoms with Gasteiger partial charge in [0.1, 0.15) is 17.8 Å². The Kier molecular flexibility index (Phi) is 4.64. The summed E-state index contributed by atoms with van der Waals surface area (Å²) in [5, 5.41) is 22.6. The number of rotatable bonds is 5. The summed E-state index contributed by atoms with van der Waals surface area (Å²) in [6.45, 7) is 3.87. The summed E-state index contributed by atoms with van der Waals surface area (Å²) in [6, 6.07) is 0. The van der Waals surface area contributed by atoms with Crippen LogP contribution < -0.4 is 0 Å². The zero-order valence-corrected chi connectivity index (χ0v) is 16.2. The molecule has 148 valence electrons. The highest BCUT2D eigenvalue weighted by Gasteiger charge is 2.69. The summed E-state index contributed by atoms with van der Waals surface area (Å²) < 4.78 is 12.4. The fourth-order valence-corrected chi connectivity index (χ4v) is 6.07. The van der Waals surface area contributed by atoms with Gasteiger partial charge in [-0.15, -0.1) is 0 Å². The molecule has 5 heteroatoms. The van der Waals surface area contributed by atoms with Crippen LogP contribution in [0.15, 0.2) is 0 Å². The first-order chi connectivity index (χ1) is 12.3. The smallest absolute Gasteiger partial charge is 0.309 e. The quantitative estimate of drug-likeness (QED) is 0.731. The molecule has 4 aliphatic rings. The van der Waals surface area contributed by atoms with E-state index in [0.29, 0.717) is 12.8 Å². The lowest BCUT2D eigenvalue weighted by Crippen LogP contribution is -2.55. The van der Waals surface area contributed by atoms with Crippen LogP contribution in [0.25, 0.3) is 0 Å². The van der Waals surface area contributed by atoms with E-state index in [0.717, 1.165) is 57.8 Å². The number of aliphatic hydroxyl groups is 2. The van der Waals surface area contributed by atoms with Gasteiger partial charge in [0.05, 0.1) is 17.1 Å². The summed E-state index contributed by atoms with van der Waals surface area (Å²) in [6.07, 6.45) is 8.56. The first-order valence-corrected chi connectivity index (χ1v) is 10.7. The monoisotopic (exact) mass is 366 g/mol. The third kappa shape index (κ3) is 2.73. The summed E-state index contributed by atoms with van der Waals surface area (Å²) in [5.41, 5.74) is -2.23. The molecule has 2 aliphatic carbocycles. The van der Waals surface area contributed by atoms with Crippen LogP contribution >= 0.6 is 0 Å². The van der Waals surface area contributed by atoms with E-state index in [-0.39, 0.29) is 30.0 Å². The lowest BCUT2D eigenvalue weighted by molar-refractivity contribution is -0.160. The summed E-state index contributed by atoms with van der Waals surface area (Å²) in [7, 11) is 0. The van der Waals surface area contributed by atoms with E-state index >= 15 is 0 Å². The highest BCUT2D eigenvalue weighted by atomic mass is 16.6. The van der Waals surface area contributed by atoms with Gasteiger partial charge in [0, 0.05) is 12.3 Å². The van der Waals surface area contributed by atoms with Crippen molar-refractivity contribution in [3.05, 3.63) is 0 Å². The Balaban J connectivity index is 1.60. The minimum Gasteiger partial charge on any atom is -0.459 e. The van der Waals surface area contributed by atoms with E-state index in [2.05, 4.69) is 0 Å². The van der Waals surface area contributed by atoms with Gasteiger partial charge in [0.15, 0.2) is 0 Å². The Morgan fingerprint density at radius 1 is 1.12 bits per heavy atom. The maximum Gasteiger partial charge on any atom is 0.309 e. The van der Waals surface area contributed by atoms with E-state index < -0.39 is 16.8 Å². The first-order valence-electron chi connectivity index (χ1n) is 10.7. The molecule has 2 saturated heterocycles.